The molecule has 0 aromatic carbocycles. The number of halogens is 1. The predicted molar refractivity (Wildman–Crippen MR) is 116 cm³/mol. The molecule has 8 atom stereocenters. The van der Waals surface area contributed by atoms with Gasteiger partial charge in [0, 0.05) is 22.7 Å². The van der Waals surface area contributed by atoms with Gasteiger partial charge in [0.1, 0.15) is 6.61 Å². The number of Topliss-reactive ketones (excluding diaryl/α,β-unsaturated/α-hetero) is 2. The van der Waals surface area contributed by atoms with Crippen LogP contribution >= 0.6 is 7.82 Å². The SMILES string of the molecule is C[C@H]1C[C@H]2[C@@H]3CCC4=CC(=O)C=C[C@]4(C)[C@@]3(F)[C@@H](O)C[C@]2(C)[C@](O)(C(=O)COP(=O)(O)O)C1=O. The third-order valence-corrected chi connectivity index (χ3v) is 9.50. The Morgan fingerprint density at radius 3 is 2.53 bits per heavy atom. The van der Waals surface area contributed by atoms with Crippen molar-refractivity contribution < 1.29 is 47.9 Å². The lowest BCUT2D eigenvalue weighted by Gasteiger charge is -2.66. The first-order valence-corrected chi connectivity index (χ1v) is 12.9. The van der Waals surface area contributed by atoms with Crippen LogP contribution in [0, 0.1) is 28.6 Å². The Morgan fingerprint density at radius 2 is 1.91 bits per heavy atom. The average Bonchev–Trinajstić information content (AvgIpc) is 2.74. The second-order valence-electron chi connectivity index (χ2n) is 10.7. The second kappa shape index (κ2) is 7.72. The molecule has 9 nitrogen and oxygen atoms in total. The molecule has 0 aromatic rings. The monoisotopic (exact) mass is 500 g/mol. The molecule has 4 rings (SSSR count). The summed E-state index contributed by atoms with van der Waals surface area (Å²) in [5.41, 5.74) is -7.24. The number of phosphoric ester groups is 1. The van der Waals surface area contributed by atoms with E-state index in [0.717, 1.165) is 0 Å². The smallest absolute Gasteiger partial charge is 0.390 e. The third kappa shape index (κ3) is 3.23. The molecule has 0 heterocycles. The number of aliphatic hydroxyl groups excluding tert-OH is 1. The van der Waals surface area contributed by atoms with E-state index in [-0.39, 0.29) is 18.6 Å². The van der Waals surface area contributed by atoms with Crippen LogP contribution < -0.4 is 0 Å². The summed E-state index contributed by atoms with van der Waals surface area (Å²) in [5, 5.41) is 22.9. The first-order valence-electron chi connectivity index (χ1n) is 11.3. The number of aliphatic hydroxyl groups is 2. The first kappa shape index (κ1) is 25.5. The van der Waals surface area contributed by atoms with E-state index in [2.05, 4.69) is 4.52 Å². The quantitative estimate of drug-likeness (QED) is 0.332. The van der Waals surface area contributed by atoms with Gasteiger partial charge in [-0.3, -0.25) is 18.9 Å². The Bertz CT molecular complexity index is 1060. The fourth-order valence-corrected chi connectivity index (χ4v) is 7.53. The first-order chi connectivity index (χ1) is 15.5. The van der Waals surface area contributed by atoms with Crippen LogP contribution in [-0.4, -0.2) is 61.3 Å². The standard InChI is InChI=1S/C23H30FO9P/c1-12-8-16-15-5-4-13-9-14(25)6-7-20(13,2)22(15,24)17(26)10-21(16,3)23(29,19(12)28)18(27)11-33-34(30,31)32/h6-7,9,12,15-17,26,29H,4-5,8,10-11H2,1-3H3,(H2,30,31,32)/t12-,15-,16-,17-,20-,21-,22-,23-/m0/s1. The highest BCUT2D eigenvalue weighted by Gasteiger charge is 2.75. The third-order valence-electron chi connectivity index (χ3n) is 9.04. The van der Waals surface area contributed by atoms with E-state index < -0.39 is 78.4 Å². The van der Waals surface area contributed by atoms with Gasteiger partial charge in [0.2, 0.25) is 0 Å². The minimum Gasteiger partial charge on any atom is -0.390 e. The zero-order valence-electron chi connectivity index (χ0n) is 19.2. The summed E-state index contributed by atoms with van der Waals surface area (Å²) in [5.74, 6) is -4.72. The predicted octanol–water partition coefficient (Wildman–Crippen LogP) is 1.58. The van der Waals surface area contributed by atoms with E-state index >= 15 is 4.39 Å². The molecule has 0 radical (unpaired) electrons. The highest BCUT2D eigenvalue weighted by atomic mass is 31.2. The number of fused-ring (bicyclic) bond motifs is 5. The highest BCUT2D eigenvalue weighted by molar-refractivity contribution is 7.46. The molecule has 0 aromatic heterocycles. The highest BCUT2D eigenvalue weighted by Crippen LogP contribution is 2.68. The van der Waals surface area contributed by atoms with Gasteiger partial charge in [-0.1, -0.05) is 25.5 Å². The Hall–Kier alpha value is -1.55. The molecule has 11 heteroatoms. The molecule has 4 aliphatic carbocycles. The van der Waals surface area contributed by atoms with Crippen molar-refractivity contribution in [1.29, 1.82) is 0 Å². The minimum absolute atomic E-state index is 0.172. The summed E-state index contributed by atoms with van der Waals surface area (Å²) in [7, 11) is -5.07. The summed E-state index contributed by atoms with van der Waals surface area (Å²) in [4.78, 5) is 56.2. The molecular formula is C23H30FO9P. The molecule has 0 bridgehead atoms. The van der Waals surface area contributed by atoms with Crippen LogP contribution in [0.3, 0.4) is 0 Å². The van der Waals surface area contributed by atoms with E-state index in [1.807, 2.05) is 0 Å². The molecule has 3 saturated carbocycles. The van der Waals surface area contributed by atoms with E-state index in [1.54, 1.807) is 6.92 Å². The van der Waals surface area contributed by atoms with Crippen LogP contribution in [0.2, 0.25) is 0 Å². The maximum absolute atomic E-state index is 17.1. The Labute approximate surface area is 196 Å². The number of carbonyl (C=O) groups excluding carboxylic acids is 3. The normalized spacial score (nSPS) is 46.3. The van der Waals surface area contributed by atoms with Gasteiger partial charge in [0.05, 0.1) is 6.10 Å². The van der Waals surface area contributed by atoms with Crippen LogP contribution in [0.1, 0.15) is 46.5 Å². The summed E-state index contributed by atoms with van der Waals surface area (Å²) in [6.07, 6.45) is 2.81. The van der Waals surface area contributed by atoms with E-state index in [4.69, 9.17) is 9.79 Å². The van der Waals surface area contributed by atoms with Crippen LogP contribution in [0.4, 0.5) is 4.39 Å². The molecule has 188 valence electrons. The molecular weight excluding hydrogens is 470 g/mol. The van der Waals surface area contributed by atoms with Gasteiger partial charge in [0.15, 0.2) is 28.6 Å². The zero-order chi connectivity index (χ0) is 25.5. The number of carbonyl (C=O) groups is 3. The number of hydrogen-bond donors (Lipinski definition) is 4. The van der Waals surface area contributed by atoms with Crippen LogP contribution in [0.25, 0.3) is 0 Å². The van der Waals surface area contributed by atoms with Crippen molar-refractivity contribution >= 4 is 25.2 Å². The Kier molecular flexibility index (Phi) is 5.80. The molecule has 3 fully saturated rings. The summed E-state index contributed by atoms with van der Waals surface area (Å²) < 4.78 is 32.6. The van der Waals surface area contributed by atoms with E-state index in [1.165, 1.54) is 32.1 Å². The van der Waals surface area contributed by atoms with Crippen LogP contribution in [0.15, 0.2) is 23.8 Å². The number of rotatable bonds is 4. The van der Waals surface area contributed by atoms with Gasteiger partial charge >= 0.3 is 7.82 Å². The minimum atomic E-state index is -5.07. The van der Waals surface area contributed by atoms with Crippen molar-refractivity contribution in [2.75, 3.05) is 6.61 Å². The topological polar surface area (TPSA) is 158 Å². The summed E-state index contributed by atoms with van der Waals surface area (Å²) in [6.45, 7) is 3.39. The van der Waals surface area contributed by atoms with Crippen molar-refractivity contribution in [3.8, 4) is 0 Å². The van der Waals surface area contributed by atoms with E-state index in [0.29, 0.717) is 12.0 Å². The fraction of sp³-hybridized carbons (Fsp3) is 0.696. The molecule has 0 saturated heterocycles. The van der Waals surface area contributed by atoms with Crippen molar-refractivity contribution in [2.24, 2.45) is 28.6 Å². The van der Waals surface area contributed by atoms with Gasteiger partial charge in [0.25, 0.3) is 0 Å². The fourth-order valence-electron chi connectivity index (χ4n) is 7.24. The maximum Gasteiger partial charge on any atom is 0.470 e. The van der Waals surface area contributed by atoms with Crippen molar-refractivity contribution in [2.45, 2.75) is 63.8 Å². The van der Waals surface area contributed by atoms with Gasteiger partial charge in [-0.2, -0.15) is 0 Å². The van der Waals surface area contributed by atoms with Crippen molar-refractivity contribution in [1.82, 2.24) is 0 Å². The van der Waals surface area contributed by atoms with Gasteiger partial charge < -0.3 is 20.0 Å². The van der Waals surface area contributed by atoms with Gasteiger partial charge in [-0.15, -0.1) is 0 Å². The molecule has 0 spiro atoms. The second-order valence-corrected chi connectivity index (χ2v) is 11.9. The van der Waals surface area contributed by atoms with E-state index in [9.17, 15) is 29.2 Å². The number of ketones is 3. The average molecular weight is 500 g/mol. The number of hydrogen-bond acceptors (Lipinski definition) is 7. The summed E-state index contributed by atoms with van der Waals surface area (Å²) >= 11 is 0. The van der Waals surface area contributed by atoms with Gasteiger partial charge in [-0.05, 0) is 50.7 Å². The lowest BCUT2D eigenvalue weighted by atomic mass is 9.39. The number of allylic oxidation sites excluding steroid dienone is 4. The Balaban J connectivity index is 1.80. The molecule has 0 aliphatic heterocycles. The largest absolute Gasteiger partial charge is 0.470 e. The zero-order valence-corrected chi connectivity index (χ0v) is 20.1. The molecule has 4 aliphatic rings. The molecule has 0 amide bonds. The van der Waals surface area contributed by atoms with Gasteiger partial charge in [-0.25, -0.2) is 8.96 Å². The van der Waals surface area contributed by atoms with Crippen LogP contribution in [0.5, 0.6) is 0 Å². The summed E-state index contributed by atoms with van der Waals surface area (Å²) in [6, 6.07) is 0. The van der Waals surface area contributed by atoms with Crippen molar-refractivity contribution in [3.05, 3.63) is 23.8 Å². The molecule has 4 N–H and O–H groups in total. The number of alkyl halides is 1. The molecule has 0 unspecified atom stereocenters. The lowest BCUT2D eigenvalue weighted by Crippen LogP contribution is -2.75. The van der Waals surface area contributed by atoms with Crippen molar-refractivity contribution in [3.63, 3.8) is 0 Å². The lowest BCUT2D eigenvalue weighted by molar-refractivity contribution is -0.245. The molecule has 34 heavy (non-hydrogen) atoms. The van der Waals surface area contributed by atoms with Crippen LogP contribution in [-0.2, 0) is 23.5 Å². The number of phosphoric acid groups is 1. The maximum atomic E-state index is 17.1. The Morgan fingerprint density at radius 1 is 1.26 bits per heavy atom.